The van der Waals surface area contributed by atoms with E-state index in [1.54, 1.807) is 25.1 Å². The third-order valence-electron chi connectivity index (χ3n) is 6.06. The molecule has 2 atom stereocenters. The molecule has 0 bridgehead atoms. The van der Waals surface area contributed by atoms with E-state index in [2.05, 4.69) is 15.6 Å². The number of benzene rings is 2. The van der Waals surface area contributed by atoms with Gasteiger partial charge in [0.2, 0.25) is 0 Å². The fourth-order valence-corrected chi connectivity index (χ4v) is 4.06. The van der Waals surface area contributed by atoms with E-state index >= 15 is 0 Å². The standard InChI is InChI=1S/C26H25F2N3O3/c1-15-9-10-16(25(33)30-21-7-2-3-8-23(21)32)12-22(15)31-26(34)18-11-17(13-29-14-18)19-5-4-6-20(27)24(19)28/h4-6,9-14,21,23,32H,2-3,7-8H2,1H3,(H,30,33)(H,31,34)/t21-,23-/m0/s1. The number of carbonyl (C=O) groups excluding carboxylic acids is 2. The Labute approximate surface area is 196 Å². The lowest BCUT2D eigenvalue weighted by molar-refractivity contribution is 0.0717. The number of hydrogen-bond acceptors (Lipinski definition) is 4. The van der Waals surface area contributed by atoms with Gasteiger partial charge in [-0.15, -0.1) is 0 Å². The van der Waals surface area contributed by atoms with Crippen molar-refractivity contribution in [1.82, 2.24) is 10.3 Å². The predicted octanol–water partition coefficient (Wildman–Crippen LogP) is 4.62. The lowest BCUT2D eigenvalue weighted by Crippen LogP contribution is -2.45. The molecule has 1 saturated carbocycles. The number of rotatable bonds is 5. The number of carbonyl (C=O) groups is 2. The summed E-state index contributed by atoms with van der Waals surface area (Å²) in [6, 6.07) is 9.89. The molecule has 1 aliphatic carbocycles. The predicted molar refractivity (Wildman–Crippen MR) is 124 cm³/mol. The number of halogens is 2. The van der Waals surface area contributed by atoms with Crippen LogP contribution >= 0.6 is 0 Å². The number of pyridine rings is 1. The Morgan fingerprint density at radius 1 is 1.00 bits per heavy atom. The Kier molecular flexibility index (Phi) is 6.98. The van der Waals surface area contributed by atoms with Gasteiger partial charge in [-0.1, -0.05) is 31.0 Å². The van der Waals surface area contributed by atoms with E-state index in [-0.39, 0.29) is 28.6 Å². The minimum atomic E-state index is -1.01. The molecule has 1 aromatic heterocycles. The Bertz CT molecular complexity index is 1230. The molecule has 0 saturated heterocycles. The van der Waals surface area contributed by atoms with E-state index in [1.807, 2.05) is 0 Å². The molecule has 3 N–H and O–H groups in total. The molecule has 0 spiro atoms. The Morgan fingerprint density at radius 2 is 1.79 bits per heavy atom. The van der Waals surface area contributed by atoms with Crippen molar-refractivity contribution in [3.63, 3.8) is 0 Å². The zero-order valence-corrected chi connectivity index (χ0v) is 18.6. The van der Waals surface area contributed by atoms with Crippen LogP contribution in [-0.2, 0) is 0 Å². The van der Waals surface area contributed by atoms with Crippen molar-refractivity contribution < 1.29 is 23.5 Å². The molecule has 3 aromatic rings. The van der Waals surface area contributed by atoms with Crippen LogP contribution in [0.1, 0.15) is 52.0 Å². The average Bonchev–Trinajstić information content (AvgIpc) is 2.83. The maximum atomic E-state index is 14.2. The van der Waals surface area contributed by atoms with Crippen molar-refractivity contribution in [3.05, 3.63) is 83.2 Å². The van der Waals surface area contributed by atoms with Gasteiger partial charge in [-0.05, 0) is 49.6 Å². The Balaban J connectivity index is 1.52. The van der Waals surface area contributed by atoms with Crippen LogP contribution in [0.15, 0.2) is 54.9 Å². The summed E-state index contributed by atoms with van der Waals surface area (Å²) in [4.78, 5) is 29.6. The minimum absolute atomic E-state index is 0.00176. The van der Waals surface area contributed by atoms with Gasteiger partial charge in [0, 0.05) is 34.8 Å². The van der Waals surface area contributed by atoms with E-state index in [0.717, 1.165) is 30.9 Å². The number of nitrogens with zero attached hydrogens (tertiary/aromatic N) is 1. The summed E-state index contributed by atoms with van der Waals surface area (Å²) in [5.74, 6) is -2.83. The lowest BCUT2D eigenvalue weighted by Gasteiger charge is -2.28. The molecule has 2 amide bonds. The molecule has 0 radical (unpaired) electrons. The smallest absolute Gasteiger partial charge is 0.257 e. The van der Waals surface area contributed by atoms with Crippen molar-refractivity contribution in [2.24, 2.45) is 0 Å². The van der Waals surface area contributed by atoms with Crippen LogP contribution in [0, 0.1) is 18.6 Å². The maximum absolute atomic E-state index is 14.2. The fourth-order valence-electron chi connectivity index (χ4n) is 4.06. The van der Waals surface area contributed by atoms with Crippen LogP contribution in [0.25, 0.3) is 11.1 Å². The van der Waals surface area contributed by atoms with E-state index in [4.69, 9.17) is 0 Å². The lowest BCUT2D eigenvalue weighted by atomic mass is 9.92. The second kappa shape index (κ2) is 10.1. The molecule has 1 heterocycles. The number of aromatic nitrogens is 1. The van der Waals surface area contributed by atoms with Crippen LogP contribution in [0.3, 0.4) is 0 Å². The summed E-state index contributed by atoms with van der Waals surface area (Å²) < 4.78 is 27.8. The third kappa shape index (κ3) is 5.12. The highest BCUT2D eigenvalue weighted by atomic mass is 19.2. The van der Waals surface area contributed by atoms with E-state index < -0.39 is 23.6 Å². The van der Waals surface area contributed by atoms with Crippen molar-refractivity contribution in [2.45, 2.75) is 44.8 Å². The molecular formula is C26H25F2N3O3. The molecule has 1 fully saturated rings. The number of anilines is 1. The summed E-state index contributed by atoms with van der Waals surface area (Å²) >= 11 is 0. The summed E-state index contributed by atoms with van der Waals surface area (Å²) in [6.07, 6.45) is 5.38. The average molecular weight is 466 g/mol. The van der Waals surface area contributed by atoms with Gasteiger partial charge in [0.15, 0.2) is 11.6 Å². The second-order valence-electron chi connectivity index (χ2n) is 8.48. The Hall–Kier alpha value is -3.65. The number of aryl methyl sites for hydroxylation is 1. The highest BCUT2D eigenvalue weighted by Crippen LogP contribution is 2.25. The van der Waals surface area contributed by atoms with Crippen LogP contribution < -0.4 is 10.6 Å². The van der Waals surface area contributed by atoms with E-state index in [0.29, 0.717) is 17.7 Å². The van der Waals surface area contributed by atoms with Gasteiger partial charge >= 0.3 is 0 Å². The first kappa shape index (κ1) is 23.5. The van der Waals surface area contributed by atoms with Crippen LogP contribution in [-0.4, -0.2) is 34.1 Å². The van der Waals surface area contributed by atoms with Crippen molar-refractivity contribution in [1.29, 1.82) is 0 Å². The molecule has 176 valence electrons. The van der Waals surface area contributed by atoms with E-state index in [9.17, 15) is 23.5 Å². The van der Waals surface area contributed by atoms with Crippen molar-refractivity contribution in [3.8, 4) is 11.1 Å². The van der Waals surface area contributed by atoms with Gasteiger partial charge in [-0.2, -0.15) is 0 Å². The molecule has 34 heavy (non-hydrogen) atoms. The van der Waals surface area contributed by atoms with Gasteiger partial charge in [0.1, 0.15) is 0 Å². The second-order valence-corrected chi connectivity index (χ2v) is 8.48. The molecule has 0 unspecified atom stereocenters. The summed E-state index contributed by atoms with van der Waals surface area (Å²) in [5, 5.41) is 15.8. The first-order chi connectivity index (χ1) is 16.3. The summed E-state index contributed by atoms with van der Waals surface area (Å²) in [7, 11) is 0. The van der Waals surface area contributed by atoms with E-state index in [1.165, 1.54) is 30.6 Å². The van der Waals surface area contributed by atoms with Gasteiger partial charge in [0.05, 0.1) is 17.7 Å². The van der Waals surface area contributed by atoms with Crippen LogP contribution in [0.2, 0.25) is 0 Å². The maximum Gasteiger partial charge on any atom is 0.257 e. The minimum Gasteiger partial charge on any atom is -0.391 e. The highest BCUT2D eigenvalue weighted by molar-refractivity contribution is 6.06. The number of aliphatic hydroxyl groups is 1. The number of hydrogen-bond donors (Lipinski definition) is 3. The highest BCUT2D eigenvalue weighted by Gasteiger charge is 2.25. The molecule has 6 nitrogen and oxygen atoms in total. The zero-order chi connectivity index (χ0) is 24.2. The Morgan fingerprint density at radius 3 is 2.59 bits per heavy atom. The van der Waals surface area contributed by atoms with Gasteiger partial charge in [0.25, 0.3) is 11.8 Å². The van der Waals surface area contributed by atoms with Crippen molar-refractivity contribution >= 4 is 17.5 Å². The fraction of sp³-hybridized carbons (Fsp3) is 0.269. The molecular weight excluding hydrogens is 440 g/mol. The van der Waals surface area contributed by atoms with Crippen LogP contribution in [0.5, 0.6) is 0 Å². The number of nitrogens with one attached hydrogen (secondary N) is 2. The molecule has 4 rings (SSSR count). The number of aliphatic hydroxyl groups excluding tert-OH is 1. The molecule has 2 aromatic carbocycles. The summed E-state index contributed by atoms with van der Waals surface area (Å²) in [5.41, 5.74) is 1.95. The molecule has 1 aliphatic rings. The van der Waals surface area contributed by atoms with Gasteiger partial charge < -0.3 is 15.7 Å². The summed E-state index contributed by atoms with van der Waals surface area (Å²) in [6.45, 7) is 1.79. The van der Waals surface area contributed by atoms with Gasteiger partial charge in [-0.3, -0.25) is 14.6 Å². The zero-order valence-electron chi connectivity index (χ0n) is 18.6. The molecule has 8 heteroatoms. The normalized spacial score (nSPS) is 17.8. The SMILES string of the molecule is Cc1ccc(C(=O)N[C@H]2CCCC[C@@H]2O)cc1NC(=O)c1cncc(-c2cccc(F)c2F)c1. The first-order valence-electron chi connectivity index (χ1n) is 11.1. The third-order valence-corrected chi connectivity index (χ3v) is 6.06. The largest absolute Gasteiger partial charge is 0.391 e. The monoisotopic (exact) mass is 465 g/mol. The molecule has 0 aliphatic heterocycles. The van der Waals surface area contributed by atoms with Crippen LogP contribution in [0.4, 0.5) is 14.5 Å². The topological polar surface area (TPSA) is 91.3 Å². The first-order valence-corrected chi connectivity index (χ1v) is 11.1. The quantitative estimate of drug-likeness (QED) is 0.513. The number of amides is 2. The van der Waals surface area contributed by atoms with Crippen molar-refractivity contribution in [2.75, 3.05) is 5.32 Å². The van der Waals surface area contributed by atoms with Gasteiger partial charge in [-0.25, -0.2) is 8.78 Å².